The van der Waals surface area contributed by atoms with Crippen LogP contribution >= 0.6 is 0 Å². The van der Waals surface area contributed by atoms with Crippen LogP contribution in [0, 0.1) is 0 Å². The number of nitrogens with zero attached hydrogens (tertiary/aromatic N) is 4. The van der Waals surface area contributed by atoms with Gasteiger partial charge in [-0.2, -0.15) is 0 Å². The normalized spacial score (nSPS) is 17.4. The lowest BCUT2D eigenvalue weighted by Crippen LogP contribution is -2.34. The van der Waals surface area contributed by atoms with E-state index in [1.165, 1.54) is 0 Å². The third-order valence-electron chi connectivity index (χ3n) is 4.81. The molecule has 26 heavy (non-hydrogen) atoms. The molecule has 1 aliphatic heterocycles. The predicted octanol–water partition coefficient (Wildman–Crippen LogP) is 3.18. The van der Waals surface area contributed by atoms with Crippen molar-refractivity contribution in [2.45, 2.75) is 38.8 Å². The SMILES string of the molecule is CC(C)c1nccc(CN2Cc3[nH]cnc3C(c3cccc(O)c3)C2)n1. The van der Waals surface area contributed by atoms with E-state index in [2.05, 4.69) is 33.7 Å². The molecule has 2 aromatic heterocycles. The Morgan fingerprint density at radius 3 is 2.96 bits per heavy atom. The number of aromatic amines is 1. The Balaban J connectivity index is 1.61. The summed E-state index contributed by atoms with van der Waals surface area (Å²) in [6, 6.07) is 9.44. The van der Waals surface area contributed by atoms with Gasteiger partial charge < -0.3 is 10.1 Å². The maximum Gasteiger partial charge on any atom is 0.131 e. The summed E-state index contributed by atoms with van der Waals surface area (Å²) in [6.45, 7) is 6.62. The van der Waals surface area contributed by atoms with Gasteiger partial charge in [-0.1, -0.05) is 26.0 Å². The van der Waals surface area contributed by atoms with Gasteiger partial charge >= 0.3 is 0 Å². The summed E-state index contributed by atoms with van der Waals surface area (Å²) in [6.07, 6.45) is 3.60. The number of phenols is 1. The number of imidazole rings is 1. The van der Waals surface area contributed by atoms with Crippen molar-refractivity contribution in [1.82, 2.24) is 24.8 Å². The summed E-state index contributed by atoms with van der Waals surface area (Å²) in [7, 11) is 0. The molecule has 3 heterocycles. The first-order valence-corrected chi connectivity index (χ1v) is 8.95. The Morgan fingerprint density at radius 2 is 2.15 bits per heavy atom. The molecule has 0 aliphatic carbocycles. The quantitative estimate of drug-likeness (QED) is 0.756. The first-order chi connectivity index (χ1) is 12.6. The zero-order chi connectivity index (χ0) is 18.1. The number of nitrogens with one attached hydrogen (secondary N) is 1. The van der Waals surface area contributed by atoms with Crippen LogP contribution in [-0.2, 0) is 13.1 Å². The summed E-state index contributed by atoms with van der Waals surface area (Å²) in [4.78, 5) is 19.2. The second kappa shape index (κ2) is 6.88. The van der Waals surface area contributed by atoms with Gasteiger partial charge in [-0.3, -0.25) is 4.90 Å². The molecule has 134 valence electrons. The third-order valence-corrected chi connectivity index (χ3v) is 4.81. The zero-order valence-corrected chi connectivity index (χ0v) is 15.1. The number of aromatic nitrogens is 4. The van der Waals surface area contributed by atoms with Crippen LogP contribution in [0.15, 0.2) is 42.9 Å². The second-order valence-corrected chi connectivity index (χ2v) is 7.14. The van der Waals surface area contributed by atoms with Crippen molar-refractivity contribution in [2.75, 3.05) is 6.54 Å². The number of H-pyrrole nitrogens is 1. The predicted molar refractivity (Wildman–Crippen MR) is 98.8 cm³/mol. The third kappa shape index (κ3) is 3.32. The van der Waals surface area contributed by atoms with Gasteiger partial charge in [0.25, 0.3) is 0 Å². The molecular weight excluding hydrogens is 326 g/mol. The van der Waals surface area contributed by atoms with E-state index in [4.69, 9.17) is 4.98 Å². The molecule has 0 spiro atoms. The summed E-state index contributed by atoms with van der Waals surface area (Å²) in [5, 5.41) is 9.87. The first kappa shape index (κ1) is 16.7. The smallest absolute Gasteiger partial charge is 0.131 e. The molecule has 0 amide bonds. The van der Waals surface area contributed by atoms with Crippen molar-refractivity contribution in [3.05, 3.63) is 71.3 Å². The molecule has 0 bridgehead atoms. The van der Waals surface area contributed by atoms with Crippen LogP contribution in [0.25, 0.3) is 0 Å². The number of benzene rings is 1. The summed E-state index contributed by atoms with van der Waals surface area (Å²) in [5.74, 6) is 1.61. The van der Waals surface area contributed by atoms with Gasteiger partial charge in [0.05, 0.1) is 23.4 Å². The highest BCUT2D eigenvalue weighted by atomic mass is 16.3. The minimum absolute atomic E-state index is 0.128. The van der Waals surface area contributed by atoms with Gasteiger partial charge in [-0.25, -0.2) is 15.0 Å². The van der Waals surface area contributed by atoms with E-state index < -0.39 is 0 Å². The van der Waals surface area contributed by atoms with Crippen molar-refractivity contribution in [3.8, 4) is 5.75 Å². The van der Waals surface area contributed by atoms with E-state index in [1.54, 1.807) is 12.4 Å². The van der Waals surface area contributed by atoms with Gasteiger partial charge in [-0.15, -0.1) is 0 Å². The van der Waals surface area contributed by atoms with Crippen LogP contribution in [-0.4, -0.2) is 36.5 Å². The molecular formula is C20H23N5O. The number of rotatable bonds is 4. The summed E-state index contributed by atoms with van der Waals surface area (Å²) < 4.78 is 0. The molecule has 2 N–H and O–H groups in total. The Bertz CT molecular complexity index is 904. The van der Waals surface area contributed by atoms with Crippen LogP contribution in [0.3, 0.4) is 0 Å². The van der Waals surface area contributed by atoms with E-state index in [1.807, 2.05) is 30.5 Å². The maximum absolute atomic E-state index is 9.87. The lowest BCUT2D eigenvalue weighted by Gasteiger charge is -2.32. The van der Waals surface area contributed by atoms with Crippen molar-refractivity contribution in [3.63, 3.8) is 0 Å². The van der Waals surface area contributed by atoms with Crippen LogP contribution in [0.4, 0.5) is 0 Å². The van der Waals surface area contributed by atoms with Crippen LogP contribution in [0.2, 0.25) is 0 Å². The van der Waals surface area contributed by atoms with Crippen molar-refractivity contribution >= 4 is 0 Å². The molecule has 4 rings (SSSR count). The average molecular weight is 349 g/mol. The molecule has 6 nitrogen and oxygen atoms in total. The molecule has 1 atom stereocenters. The number of hydrogen-bond acceptors (Lipinski definition) is 5. The lowest BCUT2D eigenvalue weighted by atomic mass is 9.90. The topological polar surface area (TPSA) is 77.9 Å². The highest BCUT2D eigenvalue weighted by Crippen LogP contribution is 2.33. The van der Waals surface area contributed by atoms with Gasteiger partial charge in [0, 0.05) is 37.7 Å². The van der Waals surface area contributed by atoms with Crippen LogP contribution < -0.4 is 0 Å². The van der Waals surface area contributed by atoms with E-state index in [0.717, 1.165) is 48.1 Å². The number of phenolic OH excluding ortho intramolecular Hbond substituents is 1. The molecule has 3 aromatic rings. The number of aromatic hydroxyl groups is 1. The molecule has 6 heteroatoms. The second-order valence-electron chi connectivity index (χ2n) is 7.14. The molecule has 1 aliphatic rings. The average Bonchev–Trinajstić information content (AvgIpc) is 3.10. The minimum atomic E-state index is 0.128. The Labute approximate surface area is 153 Å². The minimum Gasteiger partial charge on any atom is -0.508 e. The van der Waals surface area contributed by atoms with Gasteiger partial charge in [0.2, 0.25) is 0 Å². The maximum atomic E-state index is 9.87. The highest BCUT2D eigenvalue weighted by Gasteiger charge is 2.29. The summed E-state index contributed by atoms with van der Waals surface area (Å²) in [5.41, 5.74) is 4.30. The highest BCUT2D eigenvalue weighted by molar-refractivity contribution is 5.37. The van der Waals surface area contributed by atoms with Gasteiger partial charge in [0.1, 0.15) is 11.6 Å². The van der Waals surface area contributed by atoms with Gasteiger partial charge in [-0.05, 0) is 23.8 Å². The number of hydrogen-bond donors (Lipinski definition) is 2. The van der Waals surface area contributed by atoms with Crippen LogP contribution in [0.1, 0.15) is 54.2 Å². The van der Waals surface area contributed by atoms with E-state index in [-0.39, 0.29) is 11.7 Å². The molecule has 0 saturated carbocycles. The monoisotopic (exact) mass is 349 g/mol. The Morgan fingerprint density at radius 1 is 1.27 bits per heavy atom. The molecule has 0 fully saturated rings. The number of fused-ring (bicyclic) bond motifs is 1. The fourth-order valence-corrected chi connectivity index (χ4v) is 3.52. The van der Waals surface area contributed by atoms with E-state index in [0.29, 0.717) is 5.92 Å². The first-order valence-electron chi connectivity index (χ1n) is 8.95. The van der Waals surface area contributed by atoms with Crippen molar-refractivity contribution < 1.29 is 5.11 Å². The Hall–Kier alpha value is -2.73. The standard InChI is InChI=1S/C20H23N5O/c1-13(2)20-21-7-6-15(24-20)9-25-10-17(14-4-3-5-16(26)8-14)19-18(11-25)22-12-23-19/h3-8,12-13,17,26H,9-11H2,1-2H3,(H,22,23). The molecule has 0 radical (unpaired) electrons. The van der Waals surface area contributed by atoms with E-state index >= 15 is 0 Å². The largest absolute Gasteiger partial charge is 0.508 e. The van der Waals surface area contributed by atoms with E-state index in [9.17, 15) is 5.11 Å². The van der Waals surface area contributed by atoms with Gasteiger partial charge in [0.15, 0.2) is 0 Å². The lowest BCUT2D eigenvalue weighted by molar-refractivity contribution is 0.224. The molecule has 1 unspecified atom stereocenters. The van der Waals surface area contributed by atoms with Crippen molar-refractivity contribution in [2.24, 2.45) is 0 Å². The summed E-state index contributed by atoms with van der Waals surface area (Å²) >= 11 is 0. The van der Waals surface area contributed by atoms with Crippen LogP contribution in [0.5, 0.6) is 5.75 Å². The zero-order valence-electron chi connectivity index (χ0n) is 15.1. The molecule has 1 aromatic carbocycles. The Kier molecular flexibility index (Phi) is 4.42. The van der Waals surface area contributed by atoms with Crippen molar-refractivity contribution in [1.29, 1.82) is 0 Å². The fraction of sp³-hybridized carbons (Fsp3) is 0.350. The molecule has 0 saturated heterocycles. The fourth-order valence-electron chi connectivity index (χ4n) is 3.52.